The lowest BCUT2D eigenvalue weighted by atomic mass is 10.0. The lowest BCUT2D eigenvalue weighted by Gasteiger charge is -2.27. The summed E-state index contributed by atoms with van der Waals surface area (Å²) in [6.45, 7) is 8.63. The van der Waals surface area contributed by atoms with E-state index in [0.29, 0.717) is 0 Å². The van der Waals surface area contributed by atoms with Crippen LogP contribution in [0.1, 0.15) is 22.3 Å². The summed E-state index contributed by atoms with van der Waals surface area (Å²) in [4.78, 5) is 4.69. The second kappa shape index (κ2) is 13.1. The first-order valence-corrected chi connectivity index (χ1v) is 19.9. The van der Waals surface area contributed by atoms with Crippen LogP contribution in [0.15, 0.2) is 179 Å². The zero-order chi connectivity index (χ0) is 39.1. The molecule has 0 saturated carbocycles. The van der Waals surface area contributed by atoms with E-state index >= 15 is 0 Å². The van der Waals surface area contributed by atoms with Gasteiger partial charge in [-0.3, -0.25) is 0 Å². The SMILES string of the molecule is Cc1cccc(N(c2ccc3cc4c(cc3c2)oc2c4ccc3oc4cc5cc(N(c6cccc(C)c6)c6ccccc6C)ccc5cc4c32)c2ccccc2C)c1. The molecule has 2 aromatic heterocycles. The van der Waals surface area contributed by atoms with E-state index in [1.165, 1.54) is 22.3 Å². The van der Waals surface area contributed by atoms with Gasteiger partial charge in [0.25, 0.3) is 0 Å². The van der Waals surface area contributed by atoms with Crippen molar-refractivity contribution in [2.24, 2.45) is 0 Å². The number of fused-ring (bicyclic) bond motifs is 9. The number of hydrogen-bond donors (Lipinski definition) is 0. The second-order valence-electron chi connectivity index (χ2n) is 15.7. The zero-order valence-corrected chi connectivity index (χ0v) is 32.9. The quantitative estimate of drug-likeness (QED) is 0.170. The second-order valence-corrected chi connectivity index (χ2v) is 15.7. The van der Waals surface area contributed by atoms with Gasteiger partial charge in [-0.05, 0) is 169 Å². The first-order valence-electron chi connectivity index (χ1n) is 19.9. The van der Waals surface area contributed by atoms with Gasteiger partial charge in [0, 0.05) is 50.3 Å². The van der Waals surface area contributed by atoms with Crippen molar-refractivity contribution in [1.29, 1.82) is 0 Å². The maximum atomic E-state index is 6.85. The molecule has 0 spiro atoms. The Balaban J connectivity index is 1.05. The van der Waals surface area contributed by atoms with Crippen LogP contribution in [0.25, 0.3) is 65.4 Å². The molecule has 11 rings (SSSR count). The third kappa shape index (κ3) is 5.52. The van der Waals surface area contributed by atoms with Crippen LogP contribution >= 0.6 is 0 Å². The van der Waals surface area contributed by atoms with E-state index < -0.39 is 0 Å². The van der Waals surface area contributed by atoms with Gasteiger partial charge in [-0.25, -0.2) is 0 Å². The van der Waals surface area contributed by atoms with E-state index in [1.807, 2.05) is 0 Å². The Labute approximate surface area is 336 Å². The predicted molar refractivity (Wildman–Crippen MR) is 244 cm³/mol. The Kier molecular flexibility index (Phi) is 7.70. The standard InChI is InChI=1S/C54H40N2O2/c1-33-11-9-15-41(25-33)55(48-17-7-5-13-35(48)3)43-21-19-37-29-46-45-23-24-50-53(54(45)58-51(46)31-39(37)27-43)47-30-38-20-22-44(28-40(38)32-52(47)57-50)56(42-16-10-12-34(2)26-42)49-18-8-6-14-36(49)4/h5-32H,1-4H3. The van der Waals surface area contributed by atoms with Crippen molar-refractivity contribution in [3.8, 4) is 0 Å². The van der Waals surface area contributed by atoms with Crippen LogP contribution in [0.4, 0.5) is 34.1 Å². The van der Waals surface area contributed by atoms with Crippen molar-refractivity contribution in [2.45, 2.75) is 27.7 Å². The van der Waals surface area contributed by atoms with E-state index in [2.05, 4.69) is 207 Å². The molecule has 278 valence electrons. The first kappa shape index (κ1) is 34.0. The normalized spacial score (nSPS) is 11.8. The van der Waals surface area contributed by atoms with Crippen molar-refractivity contribution in [2.75, 3.05) is 9.80 Å². The van der Waals surface area contributed by atoms with Crippen LogP contribution in [-0.2, 0) is 0 Å². The van der Waals surface area contributed by atoms with Crippen molar-refractivity contribution in [3.05, 3.63) is 192 Å². The van der Waals surface area contributed by atoms with Gasteiger partial charge in [-0.2, -0.15) is 0 Å². The van der Waals surface area contributed by atoms with Crippen molar-refractivity contribution in [3.63, 3.8) is 0 Å². The molecule has 0 unspecified atom stereocenters. The number of rotatable bonds is 6. The number of nitrogens with zero attached hydrogens (tertiary/aromatic N) is 2. The maximum Gasteiger partial charge on any atom is 0.147 e. The fraction of sp³-hybridized carbons (Fsp3) is 0.0741. The molecule has 0 aliphatic rings. The monoisotopic (exact) mass is 748 g/mol. The Bertz CT molecular complexity index is 3420. The Morgan fingerprint density at radius 1 is 0.345 bits per heavy atom. The molecular weight excluding hydrogens is 709 g/mol. The molecule has 0 saturated heterocycles. The molecule has 2 heterocycles. The van der Waals surface area contributed by atoms with Crippen LogP contribution in [0.5, 0.6) is 0 Å². The van der Waals surface area contributed by atoms with Gasteiger partial charge in [-0.15, -0.1) is 0 Å². The molecule has 4 heteroatoms. The third-order valence-corrected chi connectivity index (χ3v) is 11.7. The summed E-state index contributed by atoms with van der Waals surface area (Å²) in [5.74, 6) is 0. The lowest BCUT2D eigenvalue weighted by Crippen LogP contribution is -2.11. The van der Waals surface area contributed by atoms with E-state index in [-0.39, 0.29) is 0 Å². The Morgan fingerprint density at radius 3 is 1.41 bits per heavy atom. The number of hydrogen-bond acceptors (Lipinski definition) is 4. The molecule has 0 bridgehead atoms. The smallest absolute Gasteiger partial charge is 0.147 e. The van der Waals surface area contributed by atoms with Crippen molar-refractivity contribution >= 4 is 99.5 Å². The fourth-order valence-corrected chi connectivity index (χ4v) is 8.85. The zero-order valence-electron chi connectivity index (χ0n) is 32.9. The molecule has 0 atom stereocenters. The molecule has 4 nitrogen and oxygen atoms in total. The molecule has 0 N–H and O–H groups in total. The molecule has 0 aliphatic heterocycles. The fourth-order valence-electron chi connectivity index (χ4n) is 8.85. The summed E-state index contributed by atoms with van der Waals surface area (Å²) < 4.78 is 13.5. The predicted octanol–water partition coefficient (Wildman–Crippen LogP) is 16.0. The Morgan fingerprint density at radius 2 is 0.862 bits per heavy atom. The molecule has 0 amide bonds. The number of para-hydroxylation sites is 2. The molecule has 9 aromatic carbocycles. The minimum Gasteiger partial charge on any atom is -0.456 e. The van der Waals surface area contributed by atoms with Gasteiger partial charge >= 0.3 is 0 Å². The summed E-state index contributed by atoms with van der Waals surface area (Å²) in [7, 11) is 0. The van der Waals surface area contributed by atoms with Gasteiger partial charge in [0.15, 0.2) is 0 Å². The number of benzene rings is 9. The number of aryl methyl sites for hydroxylation is 4. The van der Waals surface area contributed by atoms with Crippen LogP contribution in [0, 0.1) is 27.7 Å². The van der Waals surface area contributed by atoms with Gasteiger partial charge in [0.2, 0.25) is 0 Å². The van der Waals surface area contributed by atoms with Crippen molar-refractivity contribution in [1.82, 2.24) is 0 Å². The number of anilines is 6. The minimum absolute atomic E-state index is 0.817. The van der Waals surface area contributed by atoms with E-state index in [1.54, 1.807) is 0 Å². The highest BCUT2D eigenvalue weighted by Gasteiger charge is 2.20. The Hall–Kier alpha value is -7.30. The topological polar surface area (TPSA) is 32.8 Å². The molecule has 58 heavy (non-hydrogen) atoms. The van der Waals surface area contributed by atoms with Crippen LogP contribution in [-0.4, -0.2) is 0 Å². The summed E-state index contributed by atoms with van der Waals surface area (Å²) in [5, 5.41) is 8.78. The average Bonchev–Trinajstić information content (AvgIpc) is 3.77. The molecule has 0 radical (unpaired) electrons. The van der Waals surface area contributed by atoms with E-state index in [9.17, 15) is 0 Å². The molecule has 0 fully saturated rings. The van der Waals surface area contributed by atoms with E-state index in [4.69, 9.17) is 8.83 Å². The van der Waals surface area contributed by atoms with Crippen LogP contribution in [0.2, 0.25) is 0 Å². The molecule has 0 aliphatic carbocycles. The highest BCUT2D eigenvalue weighted by atomic mass is 16.3. The average molecular weight is 749 g/mol. The molecule has 11 aromatic rings. The summed E-state index contributed by atoms with van der Waals surface area (Å²) in [6, 6.07) is 61.1. The highest BCUT2D eigenvalue weighted by molar-refractivity contribution is 6.24. The van der Waals surface area contributed by atoms with Gasteiger partial charge < -0.3 is 18.6 Å². The van der Waals surface area contributed by atoms with Gasteiger partial charge in [0.1, 0.15) is 22.3 Å². The largest absolute Gasteiger partial charge is 0.456 e. The van der Waals surface area contributed by atoms with Crippen LogP contribution < -0.4 is 9.80 Å². The van der Waals surface area contributed by atoms with Crippen LogP contribution in [0.3, 0.4) is 0 Å². The van der Waals surface area contributed by atoms with Crippen molar-refractivity contribution < 1.29 is 8.83 Å². The highest BCUT2D eigenvalue weighted by Crippen LogP contribution is 2.44. The van der Waals surface area contributed by atoms with Gasteiger partial charge in [0.05, 0.1) is 5.39 Å². The summed E-state index contributed by atoms with van der Waals surface area (Å²) in [6.07, 6.45) is 0. The minimum atomic E-state index is 0.817. The third-order valence-electron chi connectivity index (χ3n) is 11.7. The summed E-state index contributed by atoms with van der Waals surface area (Å²) >= 11 is 0. The number of furan rings is 2. The summed E-state index contributed by atoms with van der Waals surface area (Å²) in [5.41, 5.74) is 15.0. The van der Waals surface area contributed by atoms with E-state index in [0.717, 1.165) is 99.5 Å². The first-order chi connectivity index (χ1) is 28.4. The lowest BCUT2D eigenvalue weighted by molar-refractivity contribution is 0.663. The maximum absolute atomic E-state index is 6.85. The van der Waals surface area contributed by atoms with Gasteiger partial charge in [-0.1, -0.05) is 72.8 Å². The molecular formula is C54H40N2O2.